The SMILES string of the molecule is C=CCn1c(C)nnc1SCC(=O)N(CCC(N)=O)c1ccccc1. The Kier molecular flexibility index (Phi) is 6.76. The van der Waals surface area contributed by atoms with E-state index in [9.17, 15) is 9.59 Å². The van der Waals surface area contributed by atoms with E-state index in [1.165, 1.54) is 11.8 Å². The number of thioether (sulfide) groups is 1. The Labute approximate surface area is 150 Å². The second kappa shape index (κ2) is 9.03. The van der Waals surface area contributed by atoms with Gasteiger partial charge in [-0.1, -0.05) is 36.0 Å². The molecule has 0 saturated heterocycles. The number of rotatable bonds is 9. The lowest BCUT2D eigenvalue weighted by molar-refractivity contribution is -0.118. The highest BCUT2D eigenvalue weighted by atomic mass is 32.2. The van der Waals surface area contributed by atoms with Crippen LogP contribution >= 0.6 is 11.8 Å². The van der Waals surface area contributed by atoms with Crippen molar-refractivity contribution in [3.05, 3.63) is 48.8 Å². The topological polar surface area (TPSA) is 94.1 Å². The second-order valence-electron chi connectivity index (χ2n) is 5.31. The number of hydrogen-bond acceptors (Lipinski definition) is 5. The Morgan fingerprint density at radius 1 is 1.32 bits per heavy atom. The largest absolute Gasteiger partial charge is 0.370 e. The van der Waals surface area contributed by atoms with Gasteiger partial charge in [0.2, 0.25) is 11.8 Å². The zero-order chi connectivity index (χ0) is 18.2. The number of aromatic nitrogens is 3. The van der Waals surface area contributed by atoms with Crippen LogP contribution < -0.4 is 10.6 Å². The fourth-order valence-electron chi connectivity index (χ4n) is 2.24. The normalized spacial score (nSPS) is 10.4. The average molecular weight is 359 g/mol. The first-order valence-corrected chi connectivity index (χ1v) is 8.78. The van der Waals surface area contributed by atoms with Crippen molar-refractivity contribution in [3.8, 4) is 0 Å². The average Bonchev–Trinajstić information content (AvgIpc) is 2.94. The zero-order valence-corrected chi connectivity index (χ0v) is 14.9. The number of allylic oxidation sites excluding steroid dienone is 1. The molecule has 0 fully saturated rings. The maximum absolute atomic E-state index is 12.7. The number of benzene rings is 1. The van der Waals surface area contributed by atoms with Crippen molar-refractivity contribution in [2.24, 2.45) is 5.73 Å². The summed E-state index contributed by atoms with van der Waals surface area (Å²) in [5.74, 6) is 0.387. The summed E-state index contributed by atoms with van der Waals surface area (Å²) in [7, 11) is 0. The third kappa shape index (κ3) is 5.18. The van der Waals surface area contributed by atoms with E-state index in [1.807, 2.05) is 41.8 Å². The summed E-state index contributed by atoms with van der Waals surface area (Å²) >= 11 is 1.31. The van der Waals surface area contributed by atoms with E-state index in [1.54, 1.807) is 11.0 Å². The first-order chi connectivity index (χ1) is 12.0. The molecule has 1 heterocycles. The number of carbonyl (C=O) groups is 2. The van der Waals surface area contributed by atoms with Crippen molar-refractivity contribution in [1.82, 2.24) is 14.8 Å². The Balaban J connectivity index is 2.09. The number of amides is 2. The van der Waals surface area contributed by atoms with Gasteiger partial charge in [-0.2, -0.15) is 0 Å². The molecule has 132 valence electrons. The smallest absolute Gasteiger partial charge is 0.237 e. The van der Waals surface area contributed by atoms with Crippen molar-refractivity contribution in [1.29, 1.82) is 0 Å². The molecule has 0 aliphatic carbocycles. The summed E-state index contributed by atoms with van der Waals surface area (Å²) in [5.41, 5.74) is 5.96. The third-order valence-electron chi connectivity index (χ3n) is 3.49. The van der Waals surface area contributed by atoms with Gasteiger partial charge >= 0.3 is 0 Å². The molecule has 0 unspecified atom stereocenters. The molecule has 0 aliphatic heterocycles. The van der Waals surface area contributed by atoms with Crippen LogP contribution in [0.2, 0.25) is 0 Å². The minimum absolute atomic E-state index is 0.108. The zero-order valence-electron chi connectivity index (χ0n) is 14.1. The number of primary amides is 1. The number of hydrogen-bond donors (Lipinski definition) is 1. The number of nitrogens with two attached hydrogens (primary N) is 1. The Morgan fingerprint density at radius 2 is 2.04 bits per heavy atom. The molecule has 25 heavy (non-hydrogen) atoms. The summed E-state index contributed by atoms with van der Waals surface area (Å²) in [6.45, 7) is 6.40. The van der Waals surface area contributed by atoms with Crippen LogP contribution in [0.3, 0.4) is 0 Å². The van der Waals surface area contributed by atoms with E-state index >= 15 is 0 Å². The van der Waals surface area contributed by atoms with Gasteiger partial charge in [-0.05, 0) is 19.1 Å². The molecule has 0 radical (unpaired) electrons. The van der Waals surface area contributed by atoms with Crippen LogP contribution in [0, 0.1) is 6.92 Å². The molecular formula is C17H21N5O2S. The van der Waals surface area contributed by atoms with Crippen LogP contribution in [0.25, 0.3) is 0 Å². The van der Waals surface area contributed by atoms with Gasteiger partial charge in [0, 0.05) is 25.2 Å². The first kappa shape index (κ1) is 18.7. The number of nitrogens with zero attached hydrogens (tertiary/aromatic N) is 4. The van der Waals surface area contributed by atoms with Crippen LogP contribution in [0.1, 0.15) is 12.2 Å². The number of anilines is 1. The first-order valence-electron chi connectivity index (χ1n) is 7.80. The minimum Gasteiger partial charge on any atom is -0.370 e. The molecule has 1 aromatic heterocycles. The van der Waals surface area contributed by atoms with Gasteiger partial charge in [-0.25, -0.2) is 0 Å². The molecule has 2 rings (SSSR count). The van der Waals surface area contributed by atoms with Crippen LogP contribution in [0.4, 0.5) is 5.69 Å². The molecule has 0 bridgehead atoms. The van der Waals surface area contributed by atoms with E-state index in [4.69, 9.17) is 5.73 Å². The van der Waals surface area contributed by atoms with Crippen LogP contribution in [-0.4, -0.2) is 38.9 Å². The molecule has 0 atom stereocenters. The van der Waals surface area contributed by atoms with Gasteiger partial charge in [0.15, 0.2) is 5.16 Å². The summed E-state index contributed by atoms with van der Waals surface area (Å²) in [5, 5.41) is 8.79. The van der Waals surface area contributed by atoms with Gasteiger partial charge in [0.05, 0.1) is 5.75 Å². The lowest BCUT2D eigenvalue weighted by Crippen LogP contribution is -2.35. The fourth-order valence-corrected chi connectivity index (χ4v) is 3.11. The van der Waals surface area contributed by atoms with Crippen molar-refractivity contribution in [2.75, 3.05) is 17.2 Å². The summed E-state index contributed by atoms with van der Waals surface area (Å²) in [6.07, 6.45) is 1.86. The highest BCUT2D eigenvalue weighted by molar-refractivity contribution is 7.99. The van der Waals surface area contributed by atoms with E-state index in [2.05, 4.69) is 16.8 Å². The molecule has 1 aromatic carbocycles. The van der Waals surface area contributed by atoms with Crippen LogP contribution in [0.15, 0.2) is 48.1 Å². The lowest BCUT2D eigenvalue weighted by atomic mass is 10.2. The standard InChI is InChI=1S/C17H21N5O2S/c1-3-10-21-13(2)19-20-17(21)25-12-16(24)22(11-9-15(18)23)14-7-5-4-6-8-14/h3-8H,1,9-12H2,2H3,(H2,18,23). The molecule has 0 aliphatic rings. The highest BCUT2D eigenvalue weighted by Gasteiger charge is 2.18. The summed E-state index contributed by atoms with van der Waals surface area (Å²) < 4.78 is 1.89. The molecular weight excluding hydrogens is 338 g/mol. The van der Waals surface area contributed by atoms with Gasteiger partial charge in [0.1, 0.15) is 5.82 Å². The van der Waals surface area contributed by atoms with E-state index in [0.29, 0.717) is 11.7 Å². The summed E-state index contributed by atoms with van der Waals surface area (Å²) in [4.78, 5) is 25.4. The predicted octanol–water partition coefficient (Wildman–Crippen LogP) is 1.77. The van der Waals surface area contributed by atoms with Crippen molar-refractivity contribution in [3.63, 3.8) is 0 Å². The predicted molar refractivity (Wildman–Crippen MR) is 98.3 cm³/mol. The van der Waals surface area contributed by atoms with Gasteiger partial charge in [0.25, 0.3) is 0 Å². The lowest BCUT2D eigenvalue weighted by Gasteiger charge is -2.22. The molecule has 0 saturated carbocycles. The van der Waals surface area contributed by atoms with Crippen molar-refractivity contribution >= 4 is 29.3 Å². The monoisotopic (exact) mass is 359 g/mol. The van der Waals surface area contributed by atoms with Gasteiger partial charge in [-0.15, -0.1) is 16.8 Å². The Bertz CT molecular complexity index is 745. The second-order valence-corrected chi connectivity index (χ2v) is 6.26. The minimum atomic E-state index is -0.442. The maximum Gasteiger partial charge on any atom is 0.237 e. The van der Waals surface area contributed by atoms with E-state index in [-0.39, 0.29) is 24.6 Å². The molecule has 7 nitrogen and oxygen atoms in total. The number of carbonyl (C=O) groups excluding carboxylic acids is 2. The van der Waals surface area contributed by atoms with Crippen LogP contribution in [0.5, 0.6) is 0 Å². The highest BCUT2D eigenvalue weighted by Crippen LogP contribution is 2.20. The Hall–Kier alpha value is -2.61. The molecule has 2 amide bonds. The molecule has 8 heteroatoms. The third-order valence-corrected chi connectivity index (χ3v) is 4.44. The molecule has 2 aromatic rings. The van der Waals surface area contributed by atoms with Crippen LogP contribution in [-0.2, 0) is 16.1 Å². The number of para-hydroxylation sites is 1. The number of aryl methyl sites for hydroxylation is 1. The van der Waals surface area contributed by atoms with Gasteiger partial charge < -0.3 is 15.2 Å². The van der Waals surface area contributed by atoms with Gasteiger partial charge in [-0.3, -0.25) is 9.59 Å². The van der Waals surface area contributed by atoms with Crippen molar-refractivity contribution in [2.45, 2.75) is 25.0 Å². The Morgan fingerprint density at radius 3 is 2.68 bits per heavy atom. The maximum atomic E-state index is 12.7. The molecule has 0 spiro atoms. The van der Waals surface area contributed by atoms with Crippen molar-refractivity contribution < 1.29 is 9.59 Å². The fraction of sp³-hybridized carbons (Fsp3) is 0.294. The van der Waals surface area contributed by atoms with E-state index < -0.39 is 5.91 Å². The summed E-state index contributed by atoms with van der Waals surface area (Å²) in [6, 6.07) is 9.21. The van der Waals surface area contributed by atoms with E-state index in [0.717, 1.165) is 11.5 Å². The molecule has 2 N–H and O–H groups in total. The quantitative estimate of drug-likeness (QED) is 0.544.